The average molecular weight is 326 g/mol. The molecular weight excluding hydrogens is 309 g/mol. The molecule has 23 heavy (non-hydrogen) atoms. The molecule has 1 atom stereocenters. The van der Waals surface area contributed by atoms with Crippen molar-refractivity contribution in [2.75, 3.05) is 11.9 Å². The summed E-state index contributed by atoms with van der Waals surface area (Å²) in [5.74, 6) is -2.22. The number of benzene rings is 1. The number of allylic oxidation sites excluding steroid dienone is 1. The predicted octanol–water partition coefficient (Wildman–Crippen LogP) is 3.04. The van der Waals surface area contributed by atoms with Gasteiger partial charge in [0.1, 0.15) is 6.04 Å². The molecule has 1 unspecified atom stereocenters. The smallest absolute Gasteiger partial charge is 0.365 e. The second kappa shape index (κ2) is 6.85. The second-order valence-corrected chi connectivity index (χ2v) is 5.38. The van der Waals surface area contributed by atoms with Crippen LogP contribution in [0.5, 0.6) is 0 Å². The van der Waals surface area contributed by atoms with Gasteiger partial charge in [0.05, 0.1) is 0 Å². The van der Waals surface area contributed by atoms with Gasteiger partial charge in [-0.25, -0.2) is 0 Å². The first kappa shape index (κ1) is 17.1. The van der Waals surface area contributed by atoms with Crippen LogP contribution in [0.4, 0.5) is 18.9 Å². The monoisotopic (exact) mass is 326 g/mol. The molecule has 0 aromatic heterocycles. The summed E-state index contributed by atoms with van der Waals surface area (Å²) in [5, 5.41) is 2.78. The fraction of sp³-hybridized carbons (Fsp3) is 0.375. The lowest BCUT2D eigenvalue weighted by Gasteiger charge is -2.22. The standard InChI is InChI=1S/C16H17F3N2O2/c1-11-5-2-3-6-12(11)20-15(23)13-7-4-9-21(13)10-8-14(22)16(17,18)19/h2-3,5-6,8,10,13H,4,7,9H2,1H3,(H,20,23). The first-order chi connectivity index (χ1) is 10.8. The number of nitrogens with zero attached hydrogens (tertiary/aromatic N) is 1. The molecule has 2 rings (SSSR count). The SMILES string of the molecule is Cc1ccccc1NC(=O)C1CCCN1C=CC(=O)C(F)(F)F. The van der Waals surface area contributed by atoms with Gasteiger partial charge < -0.3 is 10.2 Å². The summed E-state index contributed by atoms with van der Waals surface area (Å²) in [6.07, 6.45) is -2.15. The van der Waals surface area contributed by atoms with Gasteiger partial charge in [0.25, 0.3) is 5.78 Å². The Morgan fingerprint density at radius 2 is 2.00 bits per heavy atom. The van der Waals surface area contributed by atoms with Crippen LogP contribution in [-0.4, -0.2) is 35.4 Å². The number of aryl methyl sites for hydroxylation is 1. The molecule has 0 radical (unpaired) electrons. The van der Waals surface area contributed by atoms with Crippen LogP contribution in [0.3, 0.4) is 0 Å². The lowest BCUT2D eigenvalue weighted by atomic mass is 10.1. The first-order valence-corrected chi connectivity index (χ1v) is 7.20. The van der Waals surface area contributed by atoms with Crippen molar-refractivity contribution < 1.29 is 22.8 Å². The quantitative estimate of drug-likeness (QED) is 0.865. The van der Waals surface area contributed by atoms with Crippen molar-refractivity contribution in [3.05, 3.63) is 42.1 Å². The largest absolute Gasteiger partial charge is 0.454 e. The number of para-hydroxylation sites is 1. The van der Waals surface area contributed by atoms with Gasteiger partial charge in [0.2, 0.25) is 5.91 Å². The molecular formula is C16H17F3N2O2. The minimum atomic E-state index is -4.89. The maximum atomic E-state index is 12.3. The summed E-state index contributed by atoms with van der Waals surface area (Å²) < 4.78 is 36.6. The minimum Gasteiger partial charge on any atom is -0.365 e. The molecule has 0 bridgehead atoms. The van der Waals surface area contributed by atoms with E-state index < -0.39 is 18.0 Å². The van der Waals surface area contributed by atoms with Crippen molar-refractivity contribution >= 4 is 17.4 Å². The van der Waals surface area contributed by atoms with E-state index in [0.29, 0.717) is 31.1 Å². The van der Waals surface area contributed by atoms with Crippen LogP contribution in [-0.2, 0) is 9.59 Å². The van der Waals surface area contributed by atoms with E-state index in [9.17, 15) is 22.8 Å². The van der Waals surface area contributed by atoms with Crippen molar-refractivity contribution in [1.29, 1.82) is 0 Å². The fourth-order valence-corrected chi connectivity index (χ4v) is 2.44. The average Bonchev–Trinajstić information content (AvgIpc) is 2.94. The number of nitrogens with one attached hydrogen (secondary N) is 1. The van der Waals surface area contributed by atoms with Crippen LogP contribution in [0.2, 0.25) is 0 Å². The number of hydrogen-bond acceptors (Lipinski definition) is 3. The number of likely N-dealkylation sites (tertiary alicyclic amines) is 1. The van der Waals surface area contributed by atoms with Crippen molar-refractivity contribution in [1.82, 2.24) is 4.90 Å². The fourth-order valence-electron chi connectivity index (χ4n) is 2.44. The summed E-state index contributed by atoms with van der Waals surface area (Å²) in [5.41, 5.74) is 1.56. The zero-order valence-corrected chi connectivity index (χ0v) is 12.6. The summed E-state index contributed by atoms with van der Waals surface area (Å²) in [6.45, 7) is 2.29. The number of rotatable bonds is 4. The molecule has 1 heterocycles. The maximum absolute atomic E-state index is 12.3. The number of halogens is 3. The van der Waals surface area contributed by atoms with Crippen LogP contribution in [0, 0.1) is 6.92 Å². The zero-order valence-electron chi connectivity index (χ0n) is 12.6. The number of carbonyl (C=O) groups is 2. The van der Waals surface area contributed by atoms with Crippen LogP contribution in [0.25, 0.3) is 0 Å². The van der Waals surface area contributed by atoms with Crippen molar-refractivity contribution in [2.24, 2.45) is 0 Å². The lowest BCUT2D eigenvalue weighted by molar-refractivity contribution is -0.165. The topological polar surface area (TPSA) is 49.4 Å². The molecule has 1 aromatic rings. The molecule has 1 amide bonds. The molecule has 1 aliphatic heterocycles. The minimum absolute atomic E-state index is 0.291. The molecule has 4 nitrogen and oxygen atoms in total. The van der Waals surface area contributed by atoms with Gasteiger partial charge in [-0.15, -0.1) is 0 Å². The van der Waals surface area contributed by atoms with E-state index >= 15 is 0 Å². The Bertz CT molecular complexity index is 626. The molecule has 7 heteroatoms. The first-order valence-electron chi connectivity index (χ1n) is 7.20. The third-order valence-electron chi connectivity index (χ3n) is 3.70. The van der Waals surface area contributed by atoms with E-state index in [-0.39, 0.29) is 5.91 Å². The molecule has 1 N–H and O–H groups in total. The van der Waals surface area contributed by atoms with E-state index in [0.717, 1.165) is 11.8 Å². The van der Waals surface area contributed by atoms with Crippen LogP contribution in [0.15, 0.2) is 36.5 Å². The van der Waals surface area contributed by atoms with Gasteiger partial charge >= 0.3 is 6.18 Å². The molecule has 0 aliphatic carbocycles. The summed E-state index contributed by atoms with van der Waals surface area (Å²) in [7, 11) is 0. The Morgan fingerprint density at radius 3 is 2.65 bits per heavy atom. The summed E-state index contributed by atoms with van der Waals surface area (Å²) in [6, 6.07) is 6.67. The van der Waals surface area contributed by atoms with Crippen molar-refractivity contribution in [2.45, 2.75) is 32.0 Å². The maximum Gasteiger partial charge on any atom is 0.454 e. The number of ketones is 1. The van der Waals surface area contributed by atoms with Crippen LogP contribution < -0.4 is 5.32 Å². The number of anilines is 1. The highest BCUT2D eigenvalue weighted by Gasteiger charge is 2.37. The number of alkyl halides is 3. The number of amides is 1. The third-order valence-corrected chi connectivity index (χ3v) is 3.70. The van der Waals surface area contributed by atoms with Crippen molar-refractivity contribution in [3.8, 4) is 0 Å². The third kappa shape index (κ3) is 4.34. The predicted molar refractivity (Wildman–Crippen MR) is 79.7 cm³/mol. The van der Waals surface area contributed by atoms with Gasteiger partial charge in [-0.2, -0.15) is 13.2 Å². The highest BCUT2D eigenvalue weighted by molar-refractivity contribution is 5.96. The Balaban J connectivity index is 2.04. The molecule has 0 saturated carbocycles. The normalized spacial score (nSPS) is 18.4. The zero-order chi connectivity index (χ0) is 17.0. The van der Waals surface area contributed by atoms with Crippen LogP contribution >= 0.6 is 0 Å². The van der Waals surface area contributed by atoms with Crippen LogP contribution in [0.1, 0.15) is 18.4 Å². The molecule has 0 spiro atoms. The number of carbonyl (C=O) groups excluding carboxylic acids is 2. The van der Waals surface area contributed by atoms with Gasteiger partial charge in [0, 0.05) is 24.5 Å². The Kier molecular flexibility index (Phi) is 5.08. The molecule has 1 saturated heterocycles. The van der Waals surface area contributed by atoms with Gasteiger partial charge in [-0.1, -0.05) is 18.2 Å². The summed E-state index contributed by atoms with van der Waals surface area (Å²) in [4.78, 5) is 24.7. The van der Waals surface area contributed by atoms with E-state index in [1.165, 1.54) is 4.90 Å². The van der Waals surface area contributed by atoms with E-state index in [1.807, 2.05) is 19.1 Å². The Labute approximate surface area is 132 Å². The van der Waals surface area contributed by atoms with E-state index in [1.54, 1.807) is 12.1 Å². The Morgan fingerprint density at radius 1 is 1.30 bits per heavy atom. The molecule has 1 aromatic carbocycles. The summed E-state index contributed by atoms with van der Waals surface area (Å²) >= 11 is 0. The van der Waals surface area contributed by atoms with Gasteiger partial charge in [0.15, 0.2) is 0 Å². The lowest BCUT2D eigenvalue weighted by Crippen LogP contribution is -2.37. The molecule has 1 aliphatic rings. The molecule has 124 valence electrons. The molecule has 1 fully saturated rings. The van der Waals surface area contributed by atoms with E-state index in [2.05, 4.69) is 5.32 Å². The van der Waals surface area contributed by atoms with E-state index in [4.69, 9.17) is 0 Å². The second-order valence-electron chi connectivity index (χ2n) is 5.38. The van der Waals surface area contributed by atoms with Gasteiger partial charge in [-0.3, -0.25) is 9.59 Å². The van der Waals surface area contributed by atoms with Crippen molar-refractivity contribution in [3.63, 3.8) is 0 Å². The highest BCUT2D eigenvalue weighted by Crippen LogP contribution is 2.22. The Hall–Kier alpha value is -2.31. The number of hydrogen-bond donors (Lipinski definition) is 1. The highest BCUT2D eigenvalue weighted by atomic mass is 19.4. The van der Waals surface area contributed by atoms with Gasteiger partial charge in [-0.05, 0) is 31.4 Å².